The Balaban J connectivity index is 2.19. The summed E-state index contributed by atoms with van der Waals surface area (Å²) >= 11 is 0. The molecule has 1 heteroatoms. The van der Waals surface area contributed by atoms with E-state index in [1.54, 1.807) is 0 Å². The summed E-state index contributed by atoms with van der Waals surface area (Å²) in [5, 5.41) is 0. The number of rotatable bonds is 6. The number of allylic oxidation sites excluding steroid dienone is 4. The van der Waals surface area contributed by atoms with E-state index < -0.39 is 0 Å². The molecule has 2 rings (SSSR count). The molecule has 120 valence electrons. The van der Waals surface area contributed by atoms with Crippen LogP contribution in [-0.2, 0) is 0 Å². The summed E-state index contributed by atoms with van der Waals surface area (Å²) in [5.41, 5.74) is 2.95. The second-order valence-corrected chi connectivity index (χ2v) is 6.36. The van der Waals surface area contributed by atoms with Gasteiger partial charge in [0.2, 0.25) is 0 Å². The van der Waals surface area contributed by atoms with Crippen molar-refractivity contribution >= 4 is 0 Å². The van der Waals surface area contributed by atoms with E-state index in [9.17, 15) is 0 Å². The second kappa shape index (κ2) is 8.95. The van der Waals surface area contributed by atoms with Crippen LogP contribution in [0.1, 0.15) is 51.5 Å². The molecule has 1 atom stereocenters. The van der Waals surface area contributed by atoms with Crippen molar-refractivity contribution in [1.82, 2.24) is 4.90 Å². The van der Waals surface area contributed by atoms with E-state index in [1.807, 2.05) is 0 Å². The molecule has 22 heavy (non-hydrogen) atoms. The number of piperidine rings is 1. The lowest BCUT2D eigenvalue weighted by molar-refractivity contribution is 0.175. The standard InChI is InChI=1S/C21H31N/c1-4-10-18(6-3)21(19-11-8-7-9-12-19)20-13-16-22(15-5-2)17-14-20/h4,6-12,20-21H,5,13-17H2,1-3H3/b10-4-,18-6+. The largest absolute Gasteiger partial charge is 0.303 e. The predicted octanol–water partition coefficient (Wildman–Crippen LogP) is 5.41. The van der Waals surface area contributed by atoms with Crippen molar-refractivity contribution in [3.8, 4) is 0 Å². The fourth-order valence-corrected chi connectivity index (χ4v) is 3.80. The van der Waals surface area contributed by atoms with Gasteiger partial charge in [-0.05, 0) is 69.8 Å². The van der Waals surface area contributed by atoms with Crippen molar-refractivity contribution < 1.29 is 0 Å². The molecule has 1 nitrogen and oxygen atoms in total. The van der Waals surface area contributed by atoms with E-state index in [1.165, 1.54) is 50.0 Å². The predicted molar refractivity (Wildman–Crippen MR) is 97.2 cm³/mol. The molecule has 0 spiro atoms. The molecule has 1 aromatic carbocycles. The van der Waals surface area contributed by atoms with Crippen molar-refractivity contribution in [1.29, 1.82) is 0 Å². The van der Waals surface area contributed by atoms with Crippen molar-refractivity contribution in [2.24, 2.45) is 5.92 Å². The Bertz CT molecular complexity index is 478. The average molecular weight is 297 g/mol. The highest BCUT2D eigenvalue weighted by molar-refractivity contribution is 5.35. The number of hydrogen-bond donors (Lipinski definition) is 0. The molecule has 1 aliphatic heterocycles. The van der Waals surface area contributed by atoms with Gasteiger partial charge in [0.05, 0.1) is 0 Å². The Kier molecular flexibility index (Phi) is 6.92. The van der Waals surface area contributed by atoms with Gasteiger partial charge < -0.3 is 4.90 Å². The highest BCUT2D eigenvalue weighted by atomic mass is 15.1. The smallest absolute Gasteiger partial charge is 0.0115 e. The van der Waals surface area contributed by atoms with Gasteiger partial charge in [-0.2, -0.15) is 0 Å². The summed E-state index contributed by atoms with van der Waals surface area (Å²) in [7, 11) is 0. The van der Waals surface area contributed by atoms with Crippen molar-refractivity contribution in [2.75, 3.05) is 19.6 Å². The lowest BCUT2D eigenvalue weighted by Gasteiger charge is -2.37. The van der Waals surface area contributed by atoms with Gasteiger partial charge in [-0.1, -0.05) is 55.5 Å². The van der Waals surface area contributed by atoms with Crippen LogP contribution in [0, 0.1) is 5.92 Å². The summed E-state index contributed by atoms with van der Waals surface area (Å²) in [6.07, 6.45) is 10.7. The van der Waals surface area contributed by atoms with Crippen LogP contribution in [0.4, 0.5) is 0 Å². The molecule has 0 bridgehead atoms. The average Bonchev–Trinajstić information content (AvgIpc) is 2.57. The zero-order chi connectivity index (χ0) is 15.8. The van der Waals surface area contributed by atoms with Gasteiger partial charge in [0.25, 0.3) is 0 Å². The Morgan fingerprint density at radius 1 is 1.18 bits per heavy atom. The number of hydrogen-bond acceptors (Lipinski definition) is 1. The number of likely N-dealkylation sites (tertiary alicyclic amines) is 1. The molecule has 0 aromatic heterocycles. The van der Waals surface area contributed by atoms with E-state index in [0.717, 1.165) is 5.92 Å². The van der Waals surface area contributed by atoms with Crippen LogP contribution in [0.15, 0.2) is 54.1 Å². The molecule has 1 unspecified atom stereocenters. The van der Waals surface area contributed by atoms with Crippen molar-refractivity contribution in [2.45, 2.75) is 46.0 Å². The maximum Gasteiger partial charge on any atom is 0.0115 e. The van der Waals surface area contributed by atoms with Crippen molar-refractivity contribution in [3.05, 3.63) is 59.7 Å². The van der Waals surface area contributed by atoms with E-state index in [0.29, 0.717) is 5.92 Å². The molecule has 0 N–H and O–H groups in total. The monoisotopic (exact) mass is 297 g/mol. The van der Waals surface area contributed by atoms with Gasteiger partial charge in [-0.3, -0.25) is 0 Å². The number of nitrogens with zero attached hydrogens (tertiary/aromatic N) is 1. The highest BCUT2D eigenvalue weighted by Crippen LogP contribution is 2.38. The van der Waals surface area contributed by atoms with Gasteiger partial charge in [0.15, 0.2) is 0 Å². The first-order valence-electron chi connectivity index (χ1n) is 8.86. The van der Waals surface area contributed by atoms with Gasteiger partial charge in [0, 0.05) is 5.92 Å². The van der Waals surface area contributed by atoms with Crippen LogP contribution in [0.3, 0.4) is 0 Å². The Labute approximate surface area is 136 Å². The van der Waals surface area contributed by atoms with Crippen molar-refractivity contribution in [3.63, 3.8) is 0 Å². The van der Waals surface area contributed by atoms with Gasteiger partial charge in [0.1, 0.15) is 0 Å². The number of benzene rings is 1. The zero-order valence-electron chi connectivity index (χ0n) is 14.5. The quantitative estimate of drug-likeness (QED) is 0.634. The molecule has 1 saturated heterocycles. The van der Waals surface area contributed by atoms with Crippen LogP contribution in [0.2, 0.25) is 0 Å². The van der Waals surface area contributed by atoms with E-state index in [-0.39, 0.29) is 0 Å². The van der Waals surface area contributed by atoms with E-state index in [4.69, 9.17) is 0 Å². The molecule has 1 aliphatic rings. The minimum atomic E-state index is 0.547. The zero-order valence-corrected chi connectivity index (χ0v) is 14.5. The Morgan fingerprint density at radius 3 is 2.41 bits per heavy atom. The highest BCUT2D eigenvalue weighted by Gasteiger charge is 2.28. The lowest BCUT2D eigenvalue weighted by Crippen LogP contribution is -2.36. The summed E-state index contributed by atoms with van der Waals surface area (Å²) in [6.45, 7) is 10.4. The second-order valence-electron chi connectivity index (χ2n) is 6.36. The maximum absolute atomic E-state index is 2.63. The summed E-state index contributed by atoms with van der Waals surface area (Å²) in [5.74, 6) is 1.31. The molecule has 1 fully saturated rings. The molecular formula is C21H31N. The van der Waals surface area contributed by atoms with Gasteiger partial charge in [-0.15, -0.1) is 0 Å². The van der Waals surface area contributed by atoms with Crippen LogP contribution in [0.25, 0.3) is 0 Å². The minimum absolute atomic E-state index is 0.547. The summed E-state index contributed by atoms with van der Waals surface area (Å²) in [6, 6.07) is 11.1. The first-order chi connectivity index (χ1) is 10.8. The molecule has 0 saturated carbocycles. The molecule has 0 radical (unpaired) electrons. The topological polar surface area (TPSA) is 3.24 Å². The summed E-state index contributed by atoms with van der Waals surface area (Å²) in [4.78, 5) is 2.63. The lowest BCUT2D eigenvalue weighted by atomic mass is 9.75. The molecule has 0 amide bonds. The third-order valence-corrected chi connectivity index (χ3v) is 4.85. The molecule has 1 aromatic rings. The van der Waals surface area contributed by atoms with Gasteiger partial charge >= 0.3 is 0 Å². The molecule has 1 heterocycles. The fourth-order valence-electron chi connectivity index (χ4n) is 3.80. The Hall–Kier alpha value is -1.34. The van der Waals surface area contributed by atoms with Crippen LogP contribution in [-0.4, -0.2) is 24.5 Å². The molecule has 0 aliphatic carbocycles. The Morgan fingerprint density at radius 2 is 1.86 bits per heavy atom. The third kappa shape index (κ3) is 4.33. The first-order valence-corrected chi connectivity index (χ1v) is 8.86. The first kappa shape index (κ1) is 17.0. The van der Waals surface area contributed by atoms with Crippen LogP contribution in [0.5, 0.6) is 0 Å². The molecular weight excluding hydrogens is 266 g/mol. The summed E-state index contributed by atoms with van der Waals surface area (Å²) < 4.78 is 0. The fraction of sp³-hybridized carbons (Fsp3) is 0.524. The minimum Gasteiger partial charge on any atom is -0.303 e. The van der Waals surface area contributed by atoms with E-state index >= 15 is 0 Å². The van der Waals surface area contributed by atoms with Crippen LogP contribution >= 0.6 is 0 Å². The van der Waals surface area contributed by atoms with E-state index in [2.05, 4.69) is 74.2 Å². The maximum atomic E-state index is 2.63. The van der Waals surface area contributed by atoms with Crippen LogP contribution < -0.4 is 0 Å². The normalized spacial score (nSPS) is 19.7. The third-order valence-electron chi connectivity index (χ3n) is 4.85. The SMILES string of the molecule is C/C=C\C(=C/C)C(c1ccccc1)C1CCN(CCC)CC1. The van der Waals surface area contributed by atoms with Gasteiger partial charge in [-0.25, -0.2) is 0 Å².